The van der Waals surface area contributed by atoms with Gasteiger partial charge in [0.1, 0.15) is 0 Å². The molecule has 2 aliphatic carbocycles. The first kappa shape index (κ1) is 17.5. The summed E-state index contributed by atoms with van der Waals surface area (Å²) in [4.78, 5) is 13.6. The topological polar surface area (TPSA) is 43.3 Å². The van der Waals surface area contributed by atoms with Crippen molar-refractivity contribution in [2.24, 2.45) is 16.7 Å². The van der Waals surface area contributed by atoms with Gasteiger partial charge in [-0.15, -0.1) is 0 Å². The minimum atomic E-state index is -0.670. The van der Waals surface area contributed by atoms with Gasteiger partial charge in [0.2, 0.25) is 0 Å². The molecule has 4 heteroatoms. The first-order valence-electron chi connectivity index (χ1n) is 10.9. The smallest absolute Gasteiger partial charge is 0.257 e. The number of aromatic nitrogens is 1. The second kappa shape index (κ2) is 5.42. The van der Waals surface area contributed by atoms with Gasteiger partial charge >= 0.3 is 0 Å². The molecule has 3 aromatic rings. The summed E-state index contributed by atoms with van der Waals surface area (Å²) in [5.74, 6) is 0.654. The molecule has 150 valence electrons. The van der Waals surface area contributed by atoms with E-state index in [4.69, 9.17) is 4.74 Å². The van der Waals surface area contributed by atoms with Gasteiger partial charge < -0.3 is 14.6 Å². The largest absolute Gasteiger partial charge is 0.364 e. The summed E-state index contributed by atoms with van der Waals surface area (Å²) in [5.41, 5.74) is 2.72. The predicted octanol–water partition coefficient (Wildman–Crippen LogP) is 5.35. The Balaban J connectivity index is 1.40. The Morgan fingerprint density at radius 2 is 1.97 bits per heavy atom. The molecule has 1 aromatic heterocycles. The van der Waals surface area contributed by atoms with E-state index < -0.39 is 5.60 Å². The Morgan fingerprint density at radius 3 is 2.72 bits per heavy atom. The Hall–Kier alpha value is -2.33. The van der Waals surface area contributed by atoms with Gasteiger partial charge in [-0.05, 0) is 56.4 Å². The number of amides is 1. The van der Waals surface area contributed by atoms with Gasteiger partial charge in [-0.25, -0.2) is 0 Å². The van der Waals surface area contributed by atoms with Gasteiger partial charge in [0.05, 0.1) is 6.61 Å². The Morgan fingerprint density at radius 1 is 1.17 bits per heavy atom. The SMILES string of the molecule is CCn1c2ccccc2c2cc(NC(=O)C34CC5CCC3(C)C5(C)CO4)ccc21. The van der Waals surface area contributed by atoms with Crippen LogP contribution in [0, 0.1) is 16.7 Å². The fourth-order valence-corrected chi connectivity index (χ4v) is 6.96. The summed E-state index contributed by atoms with van der Waals surface area (Å²) in [6, 6.07) is 14.8. The zero-order valence-corrected chi connectivity index (χ0v) is 17.4. The van der Waals surface area contributed by atoms with E-state index in [1.165, 1.54) is 28.2 Å². The van der Waals surface area contributed by atoms with Crippen LogP contribution < -0.4 is 5.32 Å². The van der Waals surface area contributed by atoms with E-state index in [1.807, 2.05) is 6.07 Å². The van der Waals surface area contributed by atoms with Crippen molar-refractivity contribution in [2.45, 2.75) is 52.2 Å². The van der Waals surface area contributed by atoms with Crippen molar-refractivity contribution in [3.63, 3.8) is 0 Å². The van der Waals surface area contributed by atoms with Gasteiger partial charge in [0.15, 0.2) is 5.60 Å². The number of rotatable bonds is 3. The molecule has 3 fully saturated rings. The quantitative estimate of drug-likeness (QED) is 0.657. The fourth-order valence-electron chi connectivity index (χ4n) is 6.96. The number of fused-ring (bicyclic) bond motifs is 3. The minimum Gasteiger partial charge on any atom is -0.364 e. The van der Waals surface area contributed by atoms with Crippen molar-refractivity contribution in [3.8, 4) is 0 Å². The van der Waals surface area contributed by atoms with Crippen LogP contribution in [0.15, 0.2) is 42.5 Å². The highest BCUT2D eigenvalue weighted by Gasteiger charge is 2.78. The van der Waals surface area contributed by atoms with E-state index in [-0.39, 0.29) is 16.7 Å². The van der Waals surface area contributed by atoms with Crippen LogP contribution in [-0.4, -0.2) is 22.7 Å². The second-order valence-corrected chi connectivity index (χ2v) is 9.75. The number of benzene rings is 2. The number of aryl methyl sites for hydroxylation is 1. The fraction of sp³-hybridized carbons (Fsp3) is 0.480. The van der Waals surface area contributed by atoms with Crippen LogP contribution >= 0.6 is 0 Å². The lowest BCUT2D eigenvalue weighted by atomic mass is 9.66. The molecule has 0 radical (unpaired) electrons. The first-order valence-corrected chi connectivity index (χ1v) is 10.9. The molecule has 4 bridgehead atoms. The van der Waals surface area contributed by atoms with Crippen LogP contribution in [0.3, 0.4) is 0 Å². The molecular weight excluding hydrogens is 360 g/mol. The van der Waals surface area contributed by atoms with Crippen LogP contribution in [0.25, 0.3) is 21.8 Å². The van der Waals surface area contributed by atoms with Gasteiger partial charge in [-0.3, -0.25) is 4.79 Å². The Kier molecular flexibility index (Phi) is 3.28. The highest BCUT2D eigenvalue weighted by atomic mass is 16.5. The summed E-state index contributed by atoms with van der Waals surface area (Å²) >= 11 is 0. The molecule has 29 heavy (non-hydrogen) atoms. The van der Waals surface area contributed by atoms with E-state index in [0.29, 0.717) is 12.5 Å². The molecule has 2 heterocycles. The van der Waals surface area contributed by atoms with Gasteiger partial charge in [-0.2, -0.15) is 0 Å². The van der Waals surface area contributed by atoms with Crippen molar-refractivity contribution in [2.75, 3.05) is 11.9 Å². The van der Waals surface area contributed by atoms with Crippen LogP contribution in [0.2, 0.25) is 0 Å². The van der Waals surface area contributed by atoms with Crippen LogP contribution in [0.5, 0.6) is 0 Å². The number of anilines is 1. The van der Waals surface area contributed by atoms with Gasteiger partial charge in [0.25, 0.3) is 5.91 Å². The van der Waals surface area contributed by atoms with Crippen LogP contribution in [0.4, 0.5) is 5.69 Å². The summed E-state index contributed by atoms with van der Waals surface area (Å²) < 4.78 is 8.61. The van der Waals surface area contributed by atoms with Gasteiger partial charge in [0, 0.05) is 44.9 Å². The molecule has 1 aliphatic heterocycles. The third-order valence-electron chi connectivity index (χ3n) is 8.91. The van der Waals surface area contributed by atoms with Gasteiger partial charge in [-0.1, -0.05) is 32.0 Å². The Bertz CT molecular complexity index is 1180. The van der Waals surface area contributed by atoms with E-state index in [0.717, 1.165) is 25.1 Å². The molecular formula is C25H28N2O2. The van der Waals surface area contributed by atoms with E-state index in [2.05, 4.69) is 67.1 Å². The minimum absolute atomic E-state index is 0.0458. The summed E-state index contributed by atoms with van der Waals surface area (Å²) in [5, 5.41) is 5.66. The number of carbonyl (C=O) groups excluding carboxylic acids is 1. The monoisotopic (exact) mass is 388 g/mol. The third kappa shape index (κ3) is 1.87. The highest BCUT2D eigenvalue weighted by molar-refractivity contribution is 6.10. The van der Waals surface area contributed by atoms with Crippen molar-refractivity contribution in [1.82, 2.24) is 4.57 Å². The molecule has 1 amide bonds. The number of ether oxygens (including phenoxy) is 1. The average Bonchev–Trinajstić information content (AvgIpc) is 3.33. The van der Waals surface area contributed by atoms with E-state index >= 15 is 0 Å². The molecule has 3 aliphatic rings. The summed E-state index contributed by atoms with van der Waals surface area (Å²) in [6.45, 7) is 8.42. The highest BCUT2D eigenvalue weighted by Crippen LogP contribution is 2.75. The number of carbonyl (C=O) groups is 1. The van der Waals surface area contributed by atoms with Crippen molar-refractivity contribution < 1.29 is 9.53 Å². The maximum absolute atomic E-state index is 13.6. The second-order valence-electron chi connectivity index (χ2n) is 9.75. The maximum atomic E-state index is 13.6. The van der Waals surface area contributed by atoms with Crippen molar-refractivity contribution in [3.05, 3.63) is 42.5 Å². The molecule has 4 atom stereocenters. The lowest BCUT2D eigenvalue weighted by molar-refractivity contribution is -0.149. The molecule has 1 saturated heterocycles. The number of nitrogens with one attached hydrogen (secondary N) is 1. The van der Waals surface area contributed by atoms with E-state index in [9.17, 15) is 4.79 Å². The molecule has 2 aromatic carbocycles. The molecule has 4 nitrogen and oxygen atoms in total. The van der Waals surface area contributed by atoms with E-state index in [1.54, 1.807) is 0 Å². The summed E-state index contributed by atoms with van der Waals surface area (Å²) in [6.07, 6.45) is 3.18. The van der Waals surface area contributed by atoms with Crippen LogP contribution in [0.1, 0.15) is 40.0 Å². The van der Waals surface area contributed by atoms with Crippen molar-refractivity contribution in [1.29, 1.82) is 0 Å². The zero-order valence-electron chi connectivity index (χ0n) is 17.4. The lowest BCUT2D eigenvalue weighted by Gasteiger charge is -2.40. The number of hydrogen-bond acceptors (Lipinski definition) is 2. The molecule has 6 rings (SSSR count). The van der Waals surface area contributed by atoms with Crippen molar-refractivity contribution >= 4 is 33.4 Å². The molecule has 1 N–H and O–H groups in total. The molecule has 4 unspecified atom stereocenters. The first-order chi connectivity index (χ1) is 13.9. The third-order valence-corrected chi connectivity index (χ3v) is 8.91. The summed E-state index contributed by atoms with van der Waals surface area (Å²) in [7, 11) is 0. The number of hydrogen-bond donors (Lipinski definition) is 1. The zero-order chi connectivity index (χ0) is 20.0. The standard InChI is InChI=1S/C25H28N2O2/c1-4-27-20-8-6-5-7-18(20)19-13-17(9-10-21(19)27)26-22(28)25-14-16-11-12-24(25,3)23(16,2)15-29-25/h5-10,13,16H,4,11-12,14-15H2,1-3H3,(H,26,28). The molecule has 0 spiro atoms. The predicted molar refractivity (Wildman–Crippen MR) is 116 cm³/mol. The molecule has 2 saturated carbocycles. The number of para-hydroxylation sites is 1. The number of nitrogens with zero attached hydrogens (tertiary/aromatic N) is 1. The normalized spacial score (nSPS) is 35.1. The average molecular weight is 389 g/mol. The van der Waals surface area contributed by atoms with Crippen LogP contribution in [-0.2, 0) is 16.1 Å². The lowest BCUT2D eigenvalue weighted by Crippen LogP contribution is -2.52. The maximum Gasteiger partial charge on any atom is 0.257 e. The Labute approximate surface area is 171 Å².